The van der Waals surface area contributed by atoms with Gasteiger partial charge in [0, 0.05) is 76.2 Å². The number of amides is 4. The Kier molecular flexibility index (Phi) is 31.4. The zero-order valence-corrected chi connectivity index (χ0v) is 53.4. The van der Waals surface area contributed by atoms with Crippen LogP contribution in [0.3, 0.4) is 0 Å². The quantitative estimate of drug-likeness (QED) is 0.0712. The molecular formula is C62H86F8N8O14S2. The number of urea groups is 2. The first-order chi connectivity index (χ1) is 44.3. The zero-order valence-electron chi connectivity index (χ0n) is 51.8. The van der Waals surface area contributed by atoms with Crippen LogP contribution in [0.25, 0.3) is 0 Å². The molecule has 5 aliphatic heterocycles. The maximum absolute atomic E-state index is 12.9. The van der Waals surface area contributed by atoms with E-state index in [2.05, 4.69) is 52.5 Å². The Morgan fingerprint density at radius 1 is 0.500 bits per heavy atom. The fourth-order valence-electron chi connectivity index (χ4n) is 10.6. The molecule has 5 saturated heterocycles. The maximum Gasteiger partial charge on any atom is 0.321 e. The second-order valence-corrected chi connectivity index (χ2v) is 25.9. The minimum Gasteiger partial charge on any atom is -0.390 e. The lowest BCUT2D eigenvalue weighted by Gasteiger charge is -2.40. The van der Waals surface area contributed by atoms with E-state index in [4.69, 9.17) is 12.2 Å². The molecule has 0 unspecified atom stereocenters. The number of carbonyl (C=O) groups excluding carboxylic acids is 2. The van der Waals surface area contributed by atoms with Gasteiger partial charge in [0.15, 0.2) is 5.11 Å². The number of piperidine rings is 5. The molecule has 0 bridgehead atoms. The van der Waals surface area contributed by atoms with Gasteiger partial charge in [-0.3, -0.25) is 0 Å². The van der Waals surface area contributed by atoms with E-state index in [1.165, 1.54) is 28.2 Å². The highest BCUT2D eigenvalue weighted by Gasteiger charge is 2.46. The molecule has 4 amide bonds. The standard InChI is InChI=1S/C13H16F2N2O3.C13H16F2N2O2S.C13H17F2NO4S.C13H19NO2.C10H18F2N2O3/c2*14-12(15)9-6-17(7-10(18)11(9)19)13(20)16-8-4-2-1-3-5-8;1-8-2-4-9(5-3-8)21(19,20)16-6-10(13(14)15)12(18)11(17)7-16;1-9-2-4-10(5-3-9)6-11-7-14-8-12(15)13(11)16;1-2-3-13-10(17)14-4-6(9(11)12)8(16)7(15)5-14/h2*1-5,9-12,18-19H,6-7H2,(H,16,20);2-5,10-13,17-18H,6-7H2,1H3;2-5,11-16H,6-8H2,1H3;6-9,15-16H,2-5H2,1H3,(H,13,17)/t2*9-,10+,11+;10-,11+,12+;11-,12+,13+;6-,7+,8+/m00000/s1. The predicted molar refractivity (Wildman–Crippen MR) is 336 cm³/mol. The van der Waals surface area contributed by atoms with Crippen molar-refractivity contribution in [3.63, 3.8) is 0 Å². The van der Waals surface area contributed by atoms with Crippen LogP contribution in [0.4, 0.5) is 56.1 Å². The van der Waals surface area contributed by atoms with E-state index in [0.29, 0.717) is 18.8 Å². The van der Waals surface area contributed by atoms with E-state index in [1.807, 2.05) is 25.1 Å². The molecule has 15 atom stereocenters. The molecule has 0 aromatic heterocycles. The van der Waals surface area contributed by atoms with Crippen molar-refractivity contribution in [2.45, 2.75) is 125 Å². The topological polar surface area (TPSA) is 332 Å². The highest BCUT2D eigenvalue weighted by Crippen LogP contribution is 2.30. The largest absolute Gasteiger partial charge is 0.390 e. The van der Waals surface area contributed by atoms with E-state index in [9.17, 15) is 104 Å². The lowest BCUT2D eigenvalue weighted by atomic mass is 9.88. The third-order valence-corrected chi connectivity index (χ3v) is 18.5. The number of β-amino-alcohol motifs (C(OH)–C–C–N with tert-alkyl or cyclic N) is 5. The van der Waals surface area contributed by atoms with Crippen molar-refractivity contribution in [2.75, 3.05) is 82.6 Å². The number of nitrogens with one attached hydrogen (secondary N) is 4. The Labute approximate surface area is 545 Å². The Morgan fingerprint density at radius 3 is 1.34 bits per heavy atom. The van der Waals surface area contributed by atoms with Gasteiger partial charge in [-0.1, -0.05) is 90.8 Å². The van der Waals surface area contributed by atoms with Gasteiger partial charge in [-0.25, -0.2) is 53.1 Å². The van der Waals surface area contributed by atoms with Crippen LogP contribution in [-0.4, -0.2) is 254 Å². The second kappa shape index (κ2) is 37.5. The van der Waals surface area contributed by atoms with Gasteiger partial charge in [-0.2, -0.15) is 4.31 Å². The molecule has 5 fully saturated rings. The summed E-state index contributed by atoms with van der Waals surface area (Å²) in [5.41, 5.74) is 4.60. The van der Waals surface area contributed by atoms with E-state index < -0.39 is 146 Å². The van der Waals surface area contributed by atoms with Crippen LogP contribution in [0.1, 0.15) is 30.0 Å². The highest BCUT2D eigenvalue weighted by molar-refractivity contribution is 7.89. The summed E-state index contributed by atoms with van der Waals surface area (Å²) in [6, 6.07) is 30.9. The number of aryl methyl sites for hydroxylation is 2. The van der Waals surface area contributed by atoms with Crippen molar-refractivity contribution in [3.05, 3.63) is 126 Å². The smallest absolute Gasteiger partial charge is 0.321 e. The number of sulfonamides is 1. The van der Waals surface area contributed by atoms with Crippen LogP contribution in [0.5, 0.6) is 0 Å². The number of aliphatic hydroxyl groups is 10. The van der Waals surface area contributed by atoms with E-state index in [0.717, 1.165) is 44.7 Å². The van der Waals surface area contributed by atoms with Crippen molar-refractivity contribution in [2.24, 2.45) is 29.6 Å². The molecule has 5 heterocycles. The summed E-state index contributed by atoms with van der Waals surface area (Å²) < 4.78 is 128. The summed E-state index contributed by atoms with van der Waals surface area (Å²) in [5, 5.41) is 107. The zero-order chi connectivity index (χ0) is 69.7. The second-order valence-electron chi connectivity index (χ2n) is 23.6. The van der Waals surface area contributed by atoms with Gasteiger partial charge >= 0.3 is 12.1 Å². The Hall–Kier alpha value is -5.98. The number of thiocarbonyl (C=S) groups is 1. The number of rotatable bonds is 12. The van der Waals surface area contributed by atoms with Crippen molar-refractivity contribution in [3.8, 4) is 0 Å². The van der Waals surface area contributed by atoms with Gasteiger partial charge in [0.1, 0.15) is 0 Å². The molecule has 0 aliphatic carbocycles. The number of anilines is 2. The summed E-state index contributed by atoms with van der Waals surface area (Å²) >= 11 is 5.16. The number of halogens is 8. The summed E-state index contributed by atoms with van der Waals surface area (Å²) in [6.07, 6.45) is -22.4. The third kappa shape index (κ3) is 23.1. The Balaban J connectivity index is 0.000000214. The Morgan fingerprint density at radius 2 is 0.894 bits per heavy atom. The molecule has 14 N–H and O–H groups in total. The average molecular weight is 1380 g/mol. The van der Waals surface area contributed by atoms with Gasteiger partial charge in [-0.15, -0.1) is 0 Å². The van der Waals surface area contributed by atoms with Crippen LogP contribution >= 0.6 is 12.2 Å². The number of para-hydroxylation sites is 2. The molecule has 22 nitrogen and oxygen atoms in total. The summed E-state index contributed by atoms with van der Waals surface area (Å²) in [7, 11) is -3.97. The minimum absolute atomic E-state index is 0.0234. The maximum atomic E-state index is 12.9. The molecule has 0 spiro atoms. The number of alkyl halides is 8. The molecule has 4 aromatic rings. The minimum atomic E-state index is -3.97. The van der Waals surface area contributed by atoms with E-state index >= 15 is 0 Å². The molecule has 5 aliphatic rings. The summed E-state index contributed by atoms with van der Waals surface area (Å²) in [6.45, 7) is 5.62. The van der Waals surface area contributed by atoms with E-state index in [1.54, 1.807) is 61.5 Å². The first kappa shape index (κ1) is 78.7. The van der Waals surface area contributed by atoms with Crippen molar-refractivity contribution >= 4 is 50.8 Å². The highest BCUT2D eigenvalue weighted by atomic mass is 32.2. The number of likely N-dealkylation sites (tertiary alicyclic amines) is 3. The molecule has 9 rings (SSSR count). The lowest BCUT2D eigenvalue weighted by molar-refractivity contribution is -0.107. The molecule has 32 heteroatoms. The van der Waals surface area contributed by atoms with Gasteiger partial charge in [0.25, 0.3) is 0 Å². The van der Waals surface area contributed by atoms with Gasteiger partial charge in [-0.05, 0) is 80.9 Å². The number of hydrogen-bond acceptors (Lipinski definition) is 16. The molecular weight excluding hydrogens is 1300 g/mol. The average Bonchev–Trinajstić information content (AvgIpc) is 0.791. The number of benzene rings is 4. The van der Waals surface area contributed by atoms with Gasteiger partial charge in [0.05, 0.1) is 103 Å². The van der Waals surface area contributed by atoms with E-state index in [-0.39, 0.29) is 55.2 Å². The SMILES string of the molecule is CCCNC(=O)N1C[C@@H](O)[C@H](O)[C@@H](C(F)F)C1.Cc1ccc(C[C@H]2CNC[C@@H](O)[C@@H]2O)cc1.Cc1ccc(S(=O)(=O)N2C[C@@H](O)[C@H](O)[C@@H](C(F)F)C2)cc1.O=C(Nc1ccccc1)N1C[C@@H](O)[C@H](O)[C@@H](C(F)F)C1.O[C@H]1[C@H](O)CN(C(=S)Nc2ccccc2)C[C@@H]1C(F)F. The van der Waals surface area contributed by atoms with Crippen LogP contribution in [0, 0.1) is 43.4 Å². The third-order valence-electron chi connectivity index (χ3n) is 16.3. The molecule has 526 valence electrons. The first-order valence-corrected chi connectivity index (χ1v) is 32.2. The van der Waals surface area contributed by atoms with Crippen LogP contribution < -0.4 is 21.3 Å². The van der Waals surface area contributed by atoms with Crippen molar-refractivity contribution < 1.29 is 104 Å². The van der Waals surface area contributed by atoms with Gasteiger partial charge in [0.2, 0.25) is 35.7 Å². The van der Waals surface area contributed by atoms with Crippen molar-refractivity contribution in [1.82, 2.24) is 29.6 Å². The fraction of sp³-hybridized carbons (Fsp3) is 0.565. The van der Waals surface area contributed by atoms with Crippen LogP contribution in [0.15, 0.2) is 114 Å². The van der Waals surface area contributed by atoms with Gasteiger partial charge < -0.3 is 87.0 Å². The molecule has 94 heavy (non-hydrogen) atoms. The predicted octanol–water partition coefficient (Wildman–Crippen LogP) is 3.55. The fourth-order valence-corrected chi connectivity index (χ4v) is 12.4. The number of nitrogens with zero attached hydrogens (tertiary/aromatic N) is 4. The lowest BCUT2D eigenvalue weighted by Crippen LogP contribution is -2.58. The van der Waals surface area contributed by atoms with Crippen LogP contribution in [-0.2, 0) is 16.4 Å². The molecule has 0 saturated carbocycles. The monoisotopic (exact) mass is 1380 g/mol. The molecule has 0 radical (unpaired) electrons. The first-order valence-electron chi connectivity index (χ1n) is 30.4. The van der Waals surface area contributed by atoms with Crippen LogP contribution in [0.2, 0.25) is 0 Å². The van der Waals surface area contributed by atoms with Crippen molar-refractivity contribution in [1.29, 1.82) is 0 Å². The summed E-state index contributed by atoms with van der Waals surface area (Å²) in [5.74, 6) is -5.65. The normalized spacial score (nSPS) is 28.1. The number of aliphatic hydroxyl groups excluding tert-OH is 10. The molecule has 4 aromatic carbocycles. The Bertz CT molecular complexity index is 2950. The number of hydrogen-bond donors (Lipinski definition) is 14. The number of carbonyl (C=O) groups is 2. The summed E-state index contributed by atoms with van der Waals surface area (Å²) in [4.78, 5) is 27.2.